The summed E-state index contributed by atoms with van der Waals surface area (Å²) in [5, 5.41) is 14.4. The van der Waals surface area contributed by atoms with Crippen LogP contribution in [0, 0.1) is 5.41 Å². The Kier molecular flexibility index (Phi) is 4.36. The highest BCUT2D eigenvalue weighted by atomic mass is 16.5. The third-order valence-corrected chi connectivity index (χ3v) is 6.14. The number of rotatable bonds is 4. The minimum absolute atomic E-state index is 0.00484. The molecule has 6 heteroatoms. The molecule has 6 nitrogen and oxygen atoms in total. The lowest BCUT2D eigenvalue weighted by atomic mass is 9.74. The second kappa shape index (κ2) is 7.04. The lowest BCUT2D eigenvalue weighted by Crippen LogP contribution is -2.42. The molecule has 3 heterocycles. The van der Waals surface area contributed by atoms with Crippen molar-refractivity contribution in [3.05, 3.63) is 83.7 Å². The van der Waals surface area contributed by atoms with Gasteiger partial charge in [-0.2, -0.15) is 5.10 Å². The van der Waals surface area contributed by atoms with Crippen molar-refractivity contribution in [3.8, 4) is 5.75 Å². The fourth-order valence-corrected chi connectivity index (χ4v) is 4.59. The van der Waals surface area contributed by atoms with E-state index in [1.54, 1.807) is 6.20 Å². The molecule has 1 N–H and O–H groups in total. The number of para-hydroxylation sites is 1. The molecule has 1 fully saturated rings. The molecule has 0 aliphatic carbocycles. The number of fused-ring (bicyclic) bond motifs is 3. The number of benzene rings is 2. The average molecular weight is 389 g/mol. The summed E-state index contributed by atoms with van der Waals surface area (Å²) in [6.45, 7) is 2.12. The number of likely N-dealkylation sites (tertiary alicyclic amines) is 1. The van der Waals surface area contributed by atoms with E-state index in [4.69, 9.17) is 4.74 Å². The zero-order chi connectivity index (χ0) is 19.8. The normalized spacial score (nSPS) is 22.7. The van der Waals surface area contributed by atoms with Crippen LogP contribution in [0.25, 0.3) is 0 Å². The number of nitrogens with zero attached hydrogens (tertiary/aromatic N) is 3. The number of amides is 1. The van der Waals surface area contributed by atoms with Crippen LogP contribution < -0.4 is 4.74 Å². The predicted molar refractivity (Wildman–Crippen MR) is 108 cm³/mol. The van der Waals surface area contributed by atoms with Crippen molar-refractivity contribution in [1.82, 2.24) is 14.7 Å². The summed E-state index contributed by atoms with van der Waals surface area (Å²) >= 11 is 0. The number of aliphatic hydroxyl groups excluding tert-OH is 1. The molecule has 2 aliphatic rings. The minimum Gasteiger partial charge on any atom is -0.493 e. The average Bonchev–Trinajstić information content (AvgIpc) is 3.41. The third-order valence-electron chi connectivity index (χ3n) is 6.14. The second-order valence-corrected chi connectivity index (χ2v) is 7.99. The first-order valence-electron chi connectivity index (χ1n) is 9.87. The van der Waals surface area contributed by atoms with Gasteiger partial charge in [0.15, 0.2) is 0 Å². The van der Waals surface area contributed by atoms with E-state index in [-0.39, 0.29) is 18.4 Å². The summed E-state index contributed by atoms with van der Waals surface area (Å²) < 4.78 is 7.77. The number of ether oxygens (including phenoxy) is 1. The first kappa shape index (κ1) is 17.9. The van der Waals surface area contributed by atoms with Crippen molar-refractivity contribution in [2.24, 2.45) is 5.41 Å². The maximum absolute atomic E-state index is 13.3. The summed E-state index contributed by atoms with van der Waals surface area (Å²) in [7, 11) is 0. The van der Waals surface area contributed by atoms with Gasteiger partial charge in [-0.25, -0.2) is 0 Å². The zero-order valence-electron chi connectivity index (χ0n) is 16.1. The van der Waals surface area contributed by atoms with Crippen molar-refractivity contribution < 1.29 is 14.6 Å². The standard InChI is InChI=1S/C23H23N3O3/c27-15-23-14-25(13-20(23)19-7-1-2-8-21(19)29-16-23)22(28)18-6-3-5-17(11-18)12-26-10-4-9-24-26/h1-11,20,27H,12-16H2/t20-,23-/m1/s1. The maximum Gasteiger partial charge on any atom is 0.253 e. The van der Waals surface area contributed by atoms with Gasteiger partial charge in [-0.1, -0.05) is 30.3 Å². The molecule has 5 rings (SSSR count). The van der Waals surface area contributed by atoms with Gasteiger partial charge in [0.2, 0.25) is 0 Å². The molecule has 0 saturated carbocycles. The zero-order valence-corrected chi connectivity index (χ0v) is 16.1. The van der Waals surface area contributed by atoms with E-state index in [2.05, 4.69) is 5.10 Å². The van der Waals surface area contributed by atoms with Crippen molar-refractivity contribution in [2.75, 3.05) is 26.3 Å². The van der Waals surface area contributed by atoms with Crippen molar-refractivity contribution >= 4 is 5.91 Å². The molecule has 1 aromatic heterocycles. The van der Waals surface area contributed by atoms with E-state index >= 15 is 0 Å². The molecular formula is C23H23N3O3. The highest BCUT2D eigenvalue weighted by Gasteiger charge is 2.52. The molecule has 0 radical (unpaired) electrons. The van der Waals surface area contributed by atoms with Gasteiger partial charge in [0, 0.05) is 37.0 Å². The smallest absolute Gasteiger partial charge is 0.253 e. The van der Waals surface area contributed by atoms with Gasteiger partial charge in [0.05, 0.1) is 25.2 Å². The highest BCUT2D eigenvalue weighted by Crippen LogP contribution is 2.49. The van der Waals surface area contributed by atoms with E-state index in [0.29, 0.717) is 31.8 Å². The second-order valence-electron chi connectivity index (χ2n) is 7.99. The Bertz CT molecular complexity index is 1030. The Hall–Kier alpha value is -3.12. The number of hydrogen-bond acceptors (Lipinski definition) is 4. The van der Waals surface area contributed by atoms with Crippen LogP contribution in [-0.4, -0.2) is 52.0 Å². The number of carbonyl (C=O) groups is 1. The summed E-state index contributed by atoms with van der Waals surface area (Å²) in [5.41, 5.74) is 2.32. The number of carbonyl (C=O) groups excluding carboxylic acids is 1. The Morgan fingerprint density at radius 2 is 2.10 bits per heavy atom. The number of aromatic nitrogens is 2. The van der Waals surface area contributed by atoms with Crippen LogP contribution in [0.1, 0.15) is 27.4 Å². The molecule has 0 spiro atoms. The summed E-state index contributed by atoms with van der Waals surface area (Å²) in [5.74, 6) is 0.928. The molecule has 148 valence electrons. The molecular weight excluding hydrogens is 366 g/mol. The van der Waals surface area contributed by atoms with Crippen molar-refractivity contribution in [3.63, 3.8) is 0 Å². The van der Waals surface area contributed by atoms with Gasteiger partial charge in [-0.15, -0.1) is 0 Å². The first-order valence-corrected chi connectivity index (χ1v) is 9.87. The Morgan fingerprint density at radius 3 is 2.93 bits per heavy atom. The van der Waals surface area contributed by atoms with E-state index in [9.17, 15) is 9.90 Å². The van der Waals surface area contributed by atoms with Gasteiger partial charge in [-0.3, -0.25) is 9.48 Å². The van der Waals surface area contributed by atoms with Crippen LogP contribution >= 0.6 is 0 Å². The van der Waals surface area contributed by atoms with Crippen LogP contribution in [0.4, 0.5) is 0 Å². The summed E-state index contributed by atoms with van der Waals surface area (Å²) in [6.07, 6.45) is 3.65. The SMILES string of the molecule is O=C(c1cccc(Cn2cccn2)c1)N1C[C@@H]2c3ccccc3OC[C@]2(CO)C1. The van der Waals surface area contributed by atoms with Gasteiger partial charge in [-0.05, 0) is 35.4 Å². The first-order chi connectivity index (χ1) is 14.2. The lowest BCUT2D eigenvalue weighted by molar-refractivity contribution is 0.0440. The van der Waals surface area contributed by atoms with Crippen molar-refractivity contribution in [2.45, 2.75) is 12.5 Å². The fraction of sp³-hybridized carbons (Fsp3) is 0.304. The number of aliphatic hydroxyl groups is 1. The Balaban J connectivity index is 1.40. The van der Waals surface area contributed by atoms with E-state index in [1.807, 2.05) is 70.4 Å². The molecule has 3 aromatic rings. The fourth-order valence-electron chi connectivity index (χ4n) is 4.59. The molecule has 29 heavy (non-hydrogen) atoms. The van der Waals surface area contributed by atoms with Gasteiger partial charge < -0.3 is 14.7 Å². The van der Waals surface area contributed by atoms with Crippen LogP contribution in [0.15, 0.2) is 67.0 Å². The molecule has 0 bridgehead atoms. The van der Waals surface area contributed by atoms with Crippen LogP contribution in [-0.2, 0) is 6.54 Å². The van der Waals surface area contributed by atoms with E-state index in [1.165, 1.54) is 0 Å². The number of hydrogen-bond donors (Lipinski definition) is 1. The maximum atomic E-state index is 13.3. The van der Waals surface area contributed by atoms with Crippen molar-refractivity contribution in [1.29, 1.82) is 0 Å². The largest absolute Gasteiger partial charge is 0.493 e. The Morgan fingerprint density at radius 1 is 1.21 bits per heavy atom. The molecule has 2 aromatic carbocycles. The summed E-state index contributed by atoms with van der Waals surface area (Å²) in [4.78, 5) is 15.2. The van der Waals surface area contributed by atoms with Crippen LogP contribution in [0.3, 0.4) is 0 Å². The highest BCUT2D eigenvalue weighted by molar-refractivity contribution is 5.94. The lowest BCUT2D eigenvalue weighted by Gasteiger charge is -2.37. The van der Waals surface area contributed by atoms with Crippen LogP contribution in [0.5, 0.6) is 5.75 Å². The van der Waals surface area contributed by atoms with E-state index < -0.39 is 5.41 Å². The van der Waals surface area contributed by atoms with Crippen LogP contribution in [0.2, 0.25) is 0 Å². The molecule has 1 saturated heterocycles. The molecule has 2 aliphatic heterocycles. The van der Waals surface area contributed by atoms with E-state index in [0.717, 1.165) is 16.9 Å². The van der Waals surface area contributed by atoms with Gasteiger partial charge >= 0.3 is 0 Å². The minimum atomic E-state index is -0.448. The Labute approximate surface area is 169 Å². The molecule has 2 atom stereocenters. The monoisotopic (exact) mass is 389 g/mol. The van der Waals surface area contributed by atoms with Gasteiger partial charge in [0.25, 0.3) is 5.91 Å². The summed E-state index contributed by atoms with van der Waals surface area (Å²) in [6, 6.07) is 17.5. The predicted octanol–water partition coefficient (Wildman–Crippen LogP) is 2.54. The van der Waals surface area contributed by atoms with Gasteiger partial charge in [0.1, 0.15) is 5.75 Å². The molecule has 0 unspecified atom stereocenters. The third kappa shape index (κ3) is 3.09. The quantitative estimate of drug-likeness (QED) is 0.745. The molecule has 1 amide bonds. The topological polar surface area (TPSA) is 67.6 Å².